The first-order chi connectivity index (χ1) is 19.9. The smallest absolute Gasteiger partial charge is 0.162 e. The molecule has 1 radical (unpaired) electrons. The molecule has 3 nitrogen and oxygen atoms in total. The number of rotatable bonds is 9. The molecule has 0 aliphatic heterocycles. The fourth-order valence-corrected chi connectivity index (χ4v) is 6.20. The summed E-state index contributed by atoms with van der Waals surface area (Å²) in [5.74, 6) is 0.547. The third-order valence-electron chi connectivity index (χ3n) is 7.95. The molecular weight excluding hydrogens is 727 g/mol. The Morgan fingerprint density at radius 2 is 1.53 bits per heavy atom. The molecule has 233 valence electrons. The Balaban J connectivity index is 0.000000348. The molecule has 0 amide bonds. The third-order valence-corrected chi connectivity index (χ3v) is 9.08. The van der Waals surface area contributed by atoms with Crippen molar-refractivity contribution >= 4 is 27.2 Å². The van der Waals surface area contributed by atoms with E-state index in [2.05, 4.69) is 89.2 Å². The summed E-state index contributed by atoms with van der Waals surface area (Å²) in [6, 6.07) is 21.1. The summed E-state index contributed by atoms with van der Waals surface area (Å²) < 4.78 is 1.22. The van der Waals surface area contributed by atoms with E-state index in [9.17, 15) is 9.90 Å². The van der Waals surface area contributed by atoms with Gasteiger partial charge in [0.05, 0.1) is 10.5 Å². The number of hydrogen-bond acceptors (Lipinski definition) is 4. The van der Waals surface area contributed by atoms with Gasteiger partial charge in [-0.15, -0.1) is 46.2 Å². The van der Waals surface area contributed by atoms with E-state index in [4.69, 9.17) is 4.98 Å². The molecule has 0 aliphatic carbocycles. The first-order valence-corrected chi connectivity index (χ1v) is 16.2. The summed E-state index contributed by atoms with van der Waals surface area (Å²) in [7, 11) is 0. The maximum atomic E-state index is 11.7. The normalized spacial score (nSPS) is 11.8. The molecule has 2 heterocycles. The van der Waals surface area contributed by atoms with Crippen molar-refractivity contribution in [2.75, 3.05) is 0 Å². The molecule has 0 aliphatic rings. The van der Waals surface area contributed by atoms with Crippen molar-refractivity contribution in [1.82, 2.24) is 4.98 Å². The van der Waals surface area contributed by atoms with Gasteiger partial charge in [0.1, 0.15) is 0 Å². The molecule has 0 saturated carbocycles. The zero-order chi connectivity index (χ0) is 31.0. The van der Waals surface area contributed by atoms with Gasteiger partial charge in [-0.2, -0.15) is 0 Å². The van der Waals surface area contributed by atoms with Gasteiger partial charge in [-0.05, 0) is 59.4 Å². The third kappa shape index (κ3) is 9.96. The average Bonchev–Trinajstić information content (AvgIpc) is 3.37. The van der Waals surface area contributed by atoms with E-state index < -0.39 is 0 Å². The molecule has 0 saturated heterocycles. The number of fused-ring (bicyclic) bond motifs is 1. The Morgan fingerprint density at radius 3 is 2.07 bits per heavy atom. The van der Waals surface area contributed by atoms with Crippen LogP contribution in [0.3, 0.4) is 0 Å². The number of carbonyl (C=O) groups is 1. The number of aliphatic hydroxyl groups excluding tert-OH is 1. The van der Waals surface area contributed by atoms with Crippen LogP contribution in [-0.2, 0) is 30.3 Å². The molecule has 5 heteroatoms. The average molecular weight is 775 g/mol. The zero-order valence-corrected chi connectivity index (χ0v) is 30.5. The number of nitrogens with zero attached hydrogens (tertiary/aromatic N) is 1. The second-order valence-corrected chi connectivity index (χ2v) is 13.4. The molecular formula is C38H48IrNO2S-. The van der Waals surface area contributed by atoms with Crippen LogP contribution in [0.5, 0.6) is 0 Å². The summed E-state index contributed by atoms with van der Waals surface area (Å²) in [5, 5.41) is 11.0. The molecule has 0 atom stereocenters. The number of aryl methyl sites for hydroxylation is 2. The SMILES string of the molecule is CCC(CC)C(=O)/C=C(\O)C(CC)CC.Cc1[c-]c(-c2cc3cc(-c4ccc(C(C)(C)C)cc4)sc3cn2)cc(C)c1.[Ir]. The number of hydrogen-bond donors (Lipinski definition) is 1. The second kappa shape index (κ2) is 16.5. The van der Waals surface area contributed by atoms with Crippen molar-refractivity contribution in [3.63, 3.8) is 0 Å². The molecule has 1 N–H and O–H groups in total. The number of aliphatic hydroxyl groups is 1. The summed E-state index contributed by atoms with van der Waals surface area (Å²) >= 11 is 1.80. The van der Waals surface area contributed by atoms with Gasteiger partial charge in [0.25, 0.3) is 0 Å². The minimum absolute atomic E-state index is 0. The van der Waals surface area contributed by atoms with Crippen molar-refractivity contribution in [2.45, 2.75) is 93.4 Å². The van der Waals surface area contributed by atoms with Crippen LogP contribution < -0.4 is 0 Å². The first kappa shape index (κ1) is 36.6. The van der Waals surface area contributed by atoms with E-state index in [1.54, 1.807) is 11.3 Å². The van der Waals surface area contributed by atoms with Gasteiger partial charge in [0.2, 0.25) is 0 Å². The number of pyridine rings is 1. The Labute approximate surface area is 277 Å². The summed E-state index contributed by atoms with van der Waals surface area (Å²) in [5.41, 5.74) is 7.26. The zero-order valence-electron chi connectivity index (χ0n) is 27.3. The van der Waals surface area contributed by atoms with Gasteiger partial charge < -0.3 is 10.1 Å². The quantitative estimate of drug-likeness (QED) is 0.105. The van der Waals surface area contributed by atoms with Crippen LogP contribution in [0.1, 0.15) is 90.8 Å². The fraction of sp³-hybridized carbons (Fsp3) is 0.421. The van der Waals surface area contributed by atoms with Gasteiger partial charge >= 0.3 is 0 Å². The topological polar surface area (TPSA) is 50.2 Å². The summed E-state index contributed by atoms with van der Waals surface area (Å²) in [6.07, 6.45) is 6.90. The van der Waals surface area contributed by atoms with Gasteiger partial charge in [0, 0.05) is 49.1 Å². The largest absolute Gasteiger partial charge is 0.512 e. The molecule has 43 heavy (non-hydrogen) atoms. The molecule has 4 rings (SSSR count). The van der Waals surface area contributed by atoms with Crippen LogP contribution in [0, 0.1) is 31.7 Å². The molecule has 2 aromatic heterocycles. The molecule has 0 unspecified atom stereocenters. The van der Waals surface area contributed by atoms with Crippen molar-refractivity contribution in [3.8, 4) is 21.7 Å². The van der Waals surface area contributed by atoms with E-state index in [1.807, 2.05) is 33.9 Å². The van der Waals surface area contributed by atoms with Crippen molar-refractivity contribution in [1.29, 1.82) is 0 Å². The molecule has 0 bridgehead atoms. The van der Waals surface area contributed by atoms with E-state index >= 15 is 0 Å². The number of allylic oxidation sites excluding steroid dienone is 2. The molecule has 4 aromatic rings. The Bertz CT molecular complexity index is 1480. The van der Waals surface area contributed by atoms with Gasteiger partial charge in [-0.3, -0.25) is 4.79 Å². The van der Waals surface area contributed by atoms with Crippen LogP contribution in [0.4, 0.5) is 0 Å². The maximum Gasteiger partial charge on any atom is 0.162 e. The summed E-state index contributed by atoms with van der Waals surface area (Å²) in [4.78, 5) is 17.7. The predicted octanol–water partition coefficient (Wildman–Crippen LogP) is 11.2. The number of thiophene rings is 1. The number of ketones is 1. The Hall–Kier alpha value is -2.59. The second-order valence-electron chi connectivity index (χ2n) is 12.3. The van der Waals surface area contributed by atoms with E-state index in [1.165, 1.54) is 37.7 Å². The van der Waals surface area contributed by atoms with Crippen LogP contribution in [0.2, 0.25) is 0 Å². The fourth-order valence-electron chi connectivity index (χ4n) is 5.18. The number of carbonyl (C=O) groups excluding carboxylic acids is 1. The van der Waals surface area contributed by atoms with Crippen molar-refractivity contribution < 1.29 is 30.0 Å². The molecule has 0 spiro atoms. The van der Waals surface area contributed by atoms with E-state index in [0.717, 1.165) is 42.5 Å². The van der Waals surface area contributed by atoms with Crippen LogP contribution in [-0.4, -0.2) is 15.9 Å². The molecule has 0 fully saturated rings. The first-order valence-electron chi connectivity index (χ1n) is 15.4. The van der Waals surface area contributed by atoms with Gasteiger partial charge in [-0.1, -0.05) is 92.6 Å². The van der Waals surface area contributed by atoms with Gasteiger partial charge in [0.15, 0.2) is 5.78 Å². The predicted molar refractivity (Wildman–Crippen MR) is 181 cm³/mol. The standard InChI is InChI=1S/C25H24NS.C13H24O2.Ir/c1-16-10-17(2)12-19(11-16)22-13-20-14-23(27-24(20)15-26-22)18-6-8-21(9-7-18)25(3,4)5;1-5-10(6-2)12(14)9-13(15)11(7-3)8-4;/h6-11,13-15H,1-5H3;9-11,14H,5-8H2,1-4H3;/q-1;;/b;12-9-;. The van der Waals surface area contributed by atoms with E-state index in [-0.39, 0.29) is 48.9 Å². The van der Waals surface area contributed by atoms with Crippen molar-refractivity contribution in [3.05, 3.63) is 89.3 Å². The maximum absolute atomic E-state index is 11.7. The Morgan fingerprint density at radius 1 is 0.930 bits per heavy atom. The van der Waals surface area contributed by atoms with Crippen molar-refractivity contribution in [2.24, 2.45) is 11.8 Å². The van der Waals surface area contributed by atoms with E-state index in [0.29, 0.717) is 0 Å². The minimum Gasteiger partial charge on any atom is -0.512 e. The molecule has 2 aromatic carbocycles. The summed E-state index contributed by atoms with van der Waals surface area (Å²) in [6.45, 7) is 19.0. The minimum atomic E-state index is 0. The number of aromatic nitrogens is 1. The monoisotopic (exact) mass is 775 g/mol. The Kier molecular flexibility index (Phi) is 14.0. The van der Waals surface area contributed by atoms with Crippen LogP contribution >= 0.6 is 11.3 Å². The van der Waals surface area contributed by atoms with Crippen LogP contribution in [0.25, 0.3) is 31.8 Å². The van der Waals surface area contributed by atoms with Gasteiger partial charge in [-0.25, -0.2) is 0 Å². The number of benzene rings is 2. The van der Waals surface area contributed by atoms with Crippen LogP contribution in [0.15, 0.2) is 66.6 Å².